The minimum Gasteiger partial charge on any atom is -0.459 e. The molecule has 1 aliphatic rings. The van der Waals surface area contributed by atoms with Crippen LogP contribution in [0.1, 0.15) is 55.4 Å². The van der Waals surface area contributed by atoms with Gasteiger partial charge < -0.3 is 15.0 Å². The van der Waals surface area contributed by atoms with Gasteiger partial charge in [0.2, 0.25) is 11.8 Å². The number of likely N-dealkylation sites (N-methyl/N-ethyl adjacent to an activating group) is 1. The van der Waals surface area contributed by atoms with Crippen LogP contribution in [-0.4, -0.2) is 61.3 Å². The van der Waals surface area contributed by atoms with E-state index in [9.17, 15) is 14.4 Å². The second kappa shape index (κ2) is 12.8. The van der Waals surface area contributed by atoms with Crippen molar-refractivity contribution in [2.24, 2.45) is 0 Å². The van der Waals surface area contributed by atoms with E-state index in [0.717, 1.165) is 31.2 Å². The summed E-state index contributed by atoms with van der Waals surface area (Å²) in [6.07, 6.45) is 4.88. The van der Waals surface area contributed by atoms with Gasteiger partial charge in [-0.25, -0.2) is 0 Å². The SMILES string of the molecule is CN(CC(=O)OCc1ccccc1)C(=O)CCCC(=O)NC1CCC(c2cccs2)(N(C)C)CC1. The molecule has 1 saturated carbocycles. The Balaban J connectivity index is 1.33. The van der Waals surface area contributed by atoms with E-state index < -0.39 is 5.97 Å². The van der Waals surface area contributed by atoms with E-state index in [0.29, 0.717) is 12.8 Å². The third kappa shape index (κ3) is 7.64. The monoisotopic (exact) mass is 499 g/mol. The molecule has 0 atom stereocenters. The highest BCUT2D eigenvalue weighted by atomic mass is 32.1. The van der Waals surface area contributed by atoms with Gasteiger partial charge in [0, 0.05) is 30.8 Å². The average molecular weight is 500 g/mol. The van der Waals surface area contributed by atoms with E-state index in [1.54, 1.807) is 18.4 Å². The van der Waals surface area contributed by atoms with E-state index in [2.05, 4.69) is 41.8 Å². The quantitative estimate of drug-likeness (QED) is 0.474. The van der Waals surface area contributed by atoms with Crippen molar-refractivity contribution in [1.29, 1.82) is 0 Å². The summed E-state index contributed by atoms with van der Waals surface area (Å²) >= 11 is 1.80. The second-order valence-electron chi connectivity index (χ2n) is 9.49. The number of nitrogens with one attached hydrogen (secondary N) is 1. The number of amides is 2. The normalized spacial score (nSPS) is 19.8. The molecule has 0 aliphatic heterocycles. The summed E-state index contributed by atoms with van der Waals surface area (Å²) in [6, 6.07) is 13.9. The number of carbonyl (C=O) groups is 3. The number of thiophene rings is 1. The van der Waals surface area contributed by atoms with Gasteiger partial charge in [-0.1, -0.05) is 36.4 Å². The Labute approximate surface area is 212 Å². The van der Waals surface area contributed by atoms with Crippen LogP contribution in [0.15, 0.2) is 47.8 Å². The molecule has 0 spiro atoms. The maximum atomic E-state index is 12.5. The first-order valence-electron chi connectivity index (χ1n) is 12.2. The average Bonchev–Trinajstić information content (AvgIpc) is 3.39. The van der Waals surface area contributed by atoms with E-state index in [1.807, 2.05) is 30.3 Å². The number of benzene rings is 1. The van der Waals surface area contributed by atoms with Crippen molar-refractivity contribution in [2.75, 3.05) is 27.7 Å². The van der Waals surface area contributed by atoms with Crippen LogP contribution in [0.25, 0.3) is 0 Å². The molecule has 1 heterocycles. The van der Waals surface area contributed by atoms with Gasteiger partial charge in [0.05, 0.1) is 5.54 Å². The van der Waals surface area contributed by atoms with Crippen molar-refractivity contribution < 1.29 is 19.1 Å². The Morgan fingerprint density at radius 2 is 1.74 bits per heavy atom. The van der Waals surface area contributed by atoms with Gasteiger partial charge in [0.1, 0.15) is 13.2 Å². The molecule has 1 aromatic carbocycles. The van der Waals surface area contributed by atoms with Crippen molar-refractivity contribution >= 4 is 29.1 Å². The lowest BCUT2D eigenvalue weighted by Gasteiger charge is -2.44. The Morgan fingerprint density at radius 3 is 2.37 bits per heavy atom. The Bertz CT molecular complexity index is 954. The lowest BCUT2D eigenvalue weighted by molar-refractivity contribution is -0.149. The minimum absolute atomic E-state index is 0.0128. The number of hydrogen-bond acceptors (Lipinski definition) is 6. The summed E-state index contributed by atoms with van der Waals surface area (Å²) in [7, 11) is 5.85. The zero-order chi connectivity index (χ0) is 25.3. The molecule has 35 heavy (non-hydrogen) atoms. The molecular formula is C27H37N3O4S. The summed E-state index contributed by atoms with van der Waals surface area (Å²) in [4.78, 5) is 41.9. The van der Waals surface area contributed by atoms with Gasteiger partial charge >= 0.3 is 5.97 Å². The maximum absolute atomic E-state index is 12.5. The van der Waals surface area contributed by atoms with Crippen molar-refractivity contribution in [1.82, 2.24) is 15.1 Å². The highest BCUT2D eigenvalue weighted by Crippen LogP contribution is 2.43. The van der Waals surface area contributed by atoms with Crippen LogP contribution in [0.5, 0.6) is 0 Å². The van der Waals surface area contributed by atoms with Gasteiger partial charge in [-0.2, -0.15) is 0 Å². The summed E-state index contributed by atoms with van der Waals surface area (Å²) < 4.78 is 5.23. The molecule has 190 valence electrons. The Kier molecular flexibility index (Phi) is 9.86. The van der Waals surface area contributed by atoms with Crippen molar-refractivity contribution in [3.8, 4) is 0 Å². The predicted molar refractivity (Wildman–Crippen MR) is 138 cm³/mol. The third-order valence-corrected chi connectivity index (χ3v) is 7.91. The van der Waals surface area contributed by atoms with E-state index in [1.165, 1.54) is 9.78 Å². The van der Waals surface area contributed by atoms with Gasteiger partial charge in [-0.05, 0) is 63.2 Å². The van der Waals surface area contributed by atoms with Gasteiger partial charge in [0.15, 0.2) is 0 Å². The molecule has 1 aliphatic carbocycles. The second-order valence-corrected chi connectivity index (χ2v) is 10.4. The molecule has 1 fully saturated rings. The van der Waals surface area contributed by atoms with E-state index in [4.69, 9.17) is 4.74 Å². The standard InChI is InChI=1S/C27H37N3O4S/c1-29(2)27(23-11-8-18-35-23)16-14-22(15-17-27)28-24(31)12-7-13-25(32)30(3)19-26(33)34-20-21-9-5-4-6-10-21/h4-6,8-11,18,22H,7,12-17,19-20H2,1-3H3,(H,28,31). The summed E-state index contributed by atoms with van der Waals surface area (Å²) in [5, 5.41) is 5.28. The number of esters is 1. The van der Waals surface area contributed by atoms with Crippen LogP contribution in [0.2, 0.25) is 0 Å². The minimum atomic E-state index is -0.448. The van der Waals surface area contributed by atoms with Crippen LogP contribution in [0.3, 0.4) is 0 Å². The maximum Gasteiger partial charge on any atom is 0.325 e. The molecule has 7 nitrogen and oxygen atoms in total. The van der Waals surface area contributed by atoms with Crippen LogP contribution in [0, 0.1) is 0 Å². The van der Waals surface area contributed by atoms with Gasteiger partial charge in [-0.15, -0.1) is 11.3 Å². The first-order chi connectivity index (χ1) is 16.8. The highest BCUT2D eigenvalue weighted by Gasteiger charge is 2.39. The van der Waals surface area contributed by atoms with Crippen LogP contribution in [0.4, 0.5) is 0 Å². The lowest BCUT2D eigenvalue weighted by atomic mass is 9.77. The van der Waals surface area contributed by atoms with E-state index >= 15 is 0 Å². The number of hydrogen-bond donors (Lipinski definition) is 1. The zero-order valence-electron chi connectivity index (χ0n) is 21.0. The van der Waals surface area contributed by atoms with E-state index in [-0.39, 0.29) is 43.0 Å². The number of nitrogens with zero attached hydrogens (tertiary/aromatic N) is 2. The van der Waals surface area contributed by atoms with Crippen molar-refractivity contribution in [2.45, 2.75) is 63.1 Å². The van der Waals surface area contributed by atoms with Gasteiger partial charge in [-0.3, -0.25) is 19.3 Å². The molecule has 0 saturated heterocycles. The third-order valence-electron chi connectivity index (χ3n) is 6.84. The molecule has 1 aromatic heterocycles. The number of rotatable bonds is 11. The summed E-state index contributed by atoms with van der Waals surface area (Å²) in [5.41, 5.74) is 0.951. The first kappa shape index (κ1) is 26.9. The Hall–Kier alpha value is -2.71. The molecule has 0 unspecified atom stereocenters. The van der Waals surface area contributed by atoms with Crippen LogP contribution < -0.4 is 5.32 Å². The summed E-state index contributed by atoms with van der Waals surface area (Å²) in [6.45, 7) is 0.0871. The molecule has 3 rings (SSSR count). The molecular weight excluding hydrogens is 462 g/mol. The number of carbonyl (C=O) groups excluding carboxylic acids is 3. The predicted octanol–water partition coefficient (Wildman–Crippen LogP) is 3.94. The molecule has 2 aromatic rings. The largest absolute Gasteiger partial charge is 0.459 e. The van der Waals surface area contributed by atoms with Gasteiger partial charge in [0.25, 0.3) is 0 Å². The van der Waals surface area contributed by atoms with Crippen molar-refractivity contribution in [3.05, 3.63) is 58.3 Å². The fourth-order valence-electron chi connectivity index (χ4n) is 4.65. The number of ether oxygens (including phenoxy) is 1. The van der Waals surface area contributed by atoms with Crippen LogP contribution >= 0.6 is 11.3 Å². The molecule has 8 heteroatoms. The molecule has 1 N–H and O–H groups in total. The first-order valence-corrected chi connectivity index (χ1v) is 13.1. The molecule has 0 bridgehead atoms. The molecule has 2 amide bonds. The van der Waals surface area contributed by atoms with Crippen LogP contribution in [-0.2, 0) is 31.3 Å². The smallest absolute Gasteiger partial charge is 0.325 e. The fraction of sp³-hybridized carbons (Fsp3) is 0.519. The topological polar surface area (TPSA) is 78.9 Å². The Morgan fingerprint density at radius 1 is 1.03 bits per heavy atom. The highest BCUT2D eigenvalue weighted by molar-refractivity contribution is 7.10. The fourth-order valence-corrected chi connectivity index (χ4v) is 5.72. The summed E-state index contributed by atoms with van der Waals surface area (Å²) in [5.74, 6) is -0.629. The lowest BCUT2D eigenvalue weighted by Crippen LogP contribution is -2.48. The van der Waals surface area contributed by atoms with Crippen molar-refractivity contribution in [3.63, 3.8) is 0 Å². The molecule has 0 radical (unpaired) electrons. The zero-order valence-corrected chi connectivity index (χ0v) is 21.8.